The largest absolute Gasteiger partial charge is 0.485 e. The third kappa shape index (κ3) is 5.43. The SMILES string of the molecule is CC(=O)c1ccc2nc(CN3CCN(c4cccc5c4OC(c4ccc(Cl)cc4F)CO5)C[C@@H]3C)n(C[C@@H]3CCO3)c2n1. The van der Waals surface area contributed by atoms with Crippen molar-refractivity contribution >= 4 is 34.2 Å². The van der Waals surface area contributed by atoms with Crippen molar-refractivity contribution in [1.29, 1.82) is 0 Å². The number of imidazole rings is 1. The van der Waals surface area contributed by atoms with Crippen LogP contribution in [0.2, 0.25) is 5.02 Å². The lowest BCUT2D eigenvalue weighted by molar-refractivity contribution is -0.0593. The molecule has 43 heavy (non-hydrogen) atoms. The van der Waals surface area contributed by atoms with E-state index in [1.54, 1.807) is 18.2 Å². The number of hydrogen-bond acceptors (Lipinski definition) is 8. The standard InChI is InChI=1S/C32H33ClFN5O4/c1-19-15-38(27-4-3-5-28-31(27)43-29(18-42-28)23-7-6-21(33)14-24(23)34)12-11-37(19)17-30-35-26-9-8-25(20(2)40)36-32(26)39(30)16-22-10-13-41-22/h3-9,14,19,22,29H,10-13,15-18H2,1-2H3/t19-,22-,29?/m0/s1. The number of rotatable bonds is 7. The maximum atomic E-state index is 14.7. The van der Waals surface area contributed by atoms with Gasteiger partial charge in [-0.15, -0.1) is 0 Å². The zero-order chi connectivity index (χ0) is 29.7. The Kier molecular flexibility index (Phi) is 7.44. The fourth-order valence-corrected chi connectivity index (χ4v) is 6.22. The maximum Gasteiger partial charge on any atom is 0.185 e. The minimum absolute atomic E-state index is 0.0667. The second-order valence-corrected chi connectivity index (χ2v) is 11.9. The van der Waals surface area contributed by atoms with E-state index in [0.717, 1.165) is 55.3 Å². The van der Waals surface area contributed by atoms with Gasteiger partial charge in [-0.3, -0.25) is 9.69 Å². The van der Waals surface area contributed by atoms with Gasteiger partial charge in [0.15, 0.2) is 29.0 Å². The molecule has 3 aliphatic heterocycles. The zero-order valence-electron chi connectivity index (χ0n) is 24.1. The number of piperazine rings is 1. The number of ether oxygens (including phenoxy) is 3. The second kappa shape index (κ2) is 11.4. The van der Waals surface area contributed by atoms with Gasteiger partial charge in [-0.1, -0.05) is 23.7 Å². The van der Waals surface area contributed by atoms with Gasteiger partial charge in [0.2, 0.25) is 0 Å². The Morgan fingerprint density at radius 3 is 2.74 bits per heavy atom. The molecule has 3 aliphatic rings. The van der Waals surface area contributed by atoms with Gasteiger partial charge in [-0.25, -0.2) is 14.4 Å². The van der Waals surface area contributed by atoms with E-state index >= 15 is 0 Å². The molecular weight excluding hydrogens is 573 g/mol. The Bertz CT molecular complexity index is 1690. The number of nitrogens with zero attached hydrogens (tertiary/aromatic N) is 5. The average Bonchev–Trinajstić information content (AvgIpc) is 3.31. The van der Waals surface area contributed by atoms with E-state index in [1.807, 2.05) is 24.3 Å². The highest BCUT2D eigenvalue weighted by Gasteiger charge is 2.32. The van der Waals surface area contributed by atoms with Crippen molar-refractivity contribution in [3.8, 4) is 11.5 Å². The number of ketones is 1. The van der Waals surface area contributed by atoms with Crippen LogP contribution in [-0.4, -0.2) is 70.2 Å². The van der Waals surface area contributed by atoms with Gasteiger partial charge in [0.05, 0.1) is 24.9 Å². The Morgan fingerprint density at radius 1 is 1.14 bits per heavy atom. The minimum Gasteiger partial charge on any atom is -0.485 e. The van der Waals surface area contributed by atoms with Gasteiger partial charge in [0.1, 0.15) is 29.5 Å². The van der Waals surface area contributed by atoms with Crippen molar-refractivity contribution < 1.29 is 23.4 Å². The first-order valence-electron chi connectivity index (χ1n) is 14.7. The van der Waals surface area contributed by atoms with Crippen molar-refractivity contribution in [2.24, 2.45) is 0 Å². The Balaban J connectivity index is 1.10. The van der Waals surface area contributed by atoms with Crippen LogP contribution in [0.4, 0.5) is 10.1 Å². The van der Waals surface area contributed by atoms with Crippen molar-refractivity contribution in [3.63, 3.8) is 0 Å². The summed E-state index contributed by atoms with van der Waals surface area (Å²) in [6.45, 7) is 8.37. The van der Waals surface area contributed by atoms with Crippen LogP contribution in [0.3, 0.4) is 0 Å². The van der Waals surface area contributed by atoms with E-state index in [-0.39, 0.29) is 24.5 Å². The van der Waals surface area contributed by atoms with Crippen LogP contribution in [-0.2, 0) is 17.8 Å². The predicted octanol–water partition coefficient (Wildman–Crippen LogP) is 5.44. The maximum absolute atomic E-state index is 14.7. The number of halogens is 2. The number of carbonyl (C=O) groups excluding carboxylic acids is 1. The summed E-state index contributed by atoms with van der Waals surface area (Å²) in [7, 11) is 0. The summed E-state index contributed by atoms with van der Waals surface area (Å²) in [4.78, 5) is 26.4. The molecule has 3 atom stereocenters. The number of hydrogen-bond donors (Lipinski definition) is 0. The zero-order valence-corrected chi connectivity index (χ0v) is 24.9. The monoisotopic (exact) mass is 605 g/mol. The van der Waals surface area contributed by atoms with Gasteiger partial charge in [0.25, 0.3) is 0 Å². The second-order valence-electron chi connectivity index (χ2n) is 11.5. The number of pyridine rings is 1. The summed E-state index contributed by atoms with van der Waals surface area (Å²) in [6, 6.07) is 14.3. The van der Waals surface area contributed by atoms with E-state index < -0.39 is 11.9 Å². The summed E-state index contributed by atoms with van der Waals surface area (Å²) in [5, 5.41) is 0.343. The third-order valence-corrected chi connectivity index (χ3v) is 8.81. The first-order valence-corrected chi connectivity index (χ1v) is 15.1. The molecule has 0 bridgehead atoms. The van der Waals surface area contributed by atoms with Crippen molar-refractivity contribution in [1.82, 2.24) is 19.4 Å². The average molecular weight is 606 g/mol. The smallest absolute Gasteiger partial charge is 0.185 e. The number of fused-ring (bicyclic) bond motifs is 2. The molecular formula is C32H33ClFN5O4. The topological polar surface area (TPSA) is 82.0 Å². The molecule has 2 aromatic carbocycles. The molecule has 224 valence electrons. The van der Waals surface area contributed by atoms with E-state index in [9.17, 15) is 9.18 Å². The molecule has 2 fully saturated rings. The molecule has 11 heteroatoms. The number of carbonyl (C=O) groups is 1. The molecule has 2 saturated heterocycles. The molecule has 2 aromatic heterocycles. The number of para-hydroxylation sites is 1. The van der Waals surface area contributed by atoms with Crippen LogP contribution < -0.4 is 14.4 Å². The normalized spacial score (nSPS) is 22.0. The summed E-state index contributed by atoms with van der Waals surface area (Å²) in [5.41, 5.74) is 3.30. The minimum atomic E-state index is -0.575. The fraction of sp³-hybridized carbons (Fsp3) is 0.406. The van der Waals surface area contributed by atoms with Crippen molar-refractivity contribution in [3.05, 3.63) is 76.5 Å². The summed E-state index contributed by atoms with van der Waals surface area (Å²) >= 11 is 5.97. The van der Waals surface area contributed by atoms with Crippen LogP contribution in [0, 0.1) is 5.82 Å². The number of anilines is 1. The first-order chi connectivity index (χ1) is 20.8. The van der Waals surface area contributed by atoms with Gasteiger partial charge in [0, 0.05) is 49.8 Å². The molecule has 0 radical (unpaired) electrons. The summed E-state index contributed by atoms with van der Waals surface area (Å²) < 4.78 is 35.0. The van der Waals surface area contributed by atoms with Crippen molar-refractivity contribution in [2.75, 3.05) is 37.7 Å². The van der Waals surface area contributed by atoms with Crippen LogP contribution in [0.25, 0.3) is 11.2 Å². The lowest BCUT2D eigenvalue weighted by atomic mass is 10.1. The van der Waals surface area contributed by atoms with E-state index in [4.69, 9.17) is 30.8 Å². The number of benzene rings is 2. The van der Waals surface area contributed by atoms with Gasteiger partial charge in [-0.2, -0.15) is 0 Å². The van der Waals surface area contributed by atoms with Crippen LogP contribution in [0.15, 0.2) is 48.5 Å². The molecule has 0 spiro atoms. The highest BCUT2D eigenvalue weighted by molar-refractivity contribution is 6.30. The van der Waals surface area contributed by atoms with E-state index in [1.165, 1.54) is 13.0 Å². The fourth-order valence-electron chi connectivity index (χ4n) is 6.06. The molecule has 0 saturated carbocycles. The predicted molar refractivity (Wildman–Crippen MR) is 161 cm³/mol. The summed E-state index contributed by atoms with van der Waals surface area (Å²) in [5.74, 6) is 1.72. The first kappa shape index (κ1) is 28.1. The highest BCUT2D eigenvalue weighted by Crippen LogP contribution is 2.44. The molecule has 4 aromatic rings. The summed E-state index contributed by atoms with van der Waals surface area (Å²) in [6.07, 6.45) is 0.554. The molecule has 0 aliphatic carbocycles. The number of aromatic nitrogens is 3. The molecule has 1 unspecified atom stereocenters. The molecule has 9 nitrogen and oxygen atoms in total. The van der Waals surface area contributed by atoms with Gasteiger partial charge in [-0.05, 0) is 49.7 Å². The molecule has 0 N–H and O–H groups in total. The van der Waals surface area contributed by atoms with Gasteiger partial charge >= 0.3 is 0 Å². The Morgan fingerprint density at radius 2 is 2.00 bits per heavy atom. The third-order valence-electron chi connectivity index (χ3n) is 8.58. The molecule has 0 amide bonds. The molecule has 5 heterocycles. The number of Topliss-reactive ketones (excluding diaryl/α,β-unsaturated/α-hetero) is 1. The lowest BCUT2D eigenvalue weighted by Gasteiger charge is -2.42. The van der Waals surface area contributed by atoms with Crippen molar-refractivity contribution in [2.45, 2.75) is 51.6 Å². The lowest BCUT2D eigenvalue weighted by Crippen LogP contribution is -2.52. The van der Waals surface area contributed by atoms with E-state index in [0.29, 0.717) is 40.9 Å². The Labute approximate surface area is 254 Å². The van der Waals surface area contributed by atoms with Crippen LogP contribution >= 0.6 is 11.6 Å². The Hall–Kier alpha value is -3.73. The molecule has 7 rings (SSSR count). The van der Waals surface area contributed by atoms with Gasteiger partial charge < -0.3 is 23.7 Å². The highest BCUT2D eigenvalue weighted by atomic mass is 35.5. The van der Waals surface area contributed by atoms with Crippen LogP contribution in [0.1, 0.15) is 48.2 Å². The van der Waals surface area contributed by atoms with Crippen LogP contribution in [0.5, 0.6) is 11.5 Å². The quantitative estimate of drug-likeness (QED) is 0.258. The van der Waals surface area contributed by atoms with E-state index in [2.05, 4.69) is 26.3 Å².